The number of fused-ring (bicyclic) bond motifs is 2. The Kier molecular flexibility index (Phi) is 17.2. The number of benzene rings is 2. The van der Waals surface area contributed by atoms with E-state index >= 15 is 0 Å². The molecular weight excluding hydrogens is 1060 g/mol. The number of hydrogen-bond acceptors (Lipinski definition) is 14. The average Bonchev–Trinajstić information content (AvgIpc) is 4.25. The average molecular weight is 1140 g/mol. The summed E-state index contributed by atoms with van der Waals surface area (Å²) in [6.45, 7) is 18.8. The standard InChI is InChI=1S/C33H41F3N4O3Si.C28H30F2N4O3/c1-18-16-40(17-24(37)32(18)43-44(5,6)33(2,3)4)31-19(15-38-29-20(31)10-13-26(29)41)14-27(42)25-12-11-23(36)30(39-25)28-21(34)8-7-9-22(28)35;1-14-6-8-21(33-25(14)24-18(29)4-3-5-19(24)30)23(36)10-16-11-32-26-17(7-9-22(26)35)27(16)34-12-15(2)28(37)20(31)13-34/h7-9,11-12,15,18,24,26,32,41H,10,13-14,16-17,37H2,1-6H3;3-6,8,11,15,20,22,28,35,37H,7,9-10,12-13,31H2,1-2H3/t18-,24+,26+,32+;15-,20+,22-,28+/m00/s1. The number of rotatable bonds is 12. The molecular formula is C61H71F5N8O6Si. The minimum atomic E-state index is -2.08. The van der Waals surface area contributed by atoms with Gasteiger partial charge >= 0.3 is 0 Å². The van der Waals surface area contributed by atoms with Crippen LogP contribution in [0.15, 0.2) is 73.1 Å². The quantitative estimate of drug-likeness (QED) is 0.0439. The number of pyridine rings is 4. The number of nitrogens with zero attached hydrogens (tertiary/aromatic N) is 6. The van der Waals surface area contributed by atoms with Gasteiger partial charge in [0.25, 0.3) is 0 Å². The van der Waals surface area contributed by atoms with Crippen molar-refractivity contribution in [3.05, 3.63) is 153 Å². The lowest BCUT2D eigenvalue weighted by atomic mass is 9.91. The van der Waals surface area contributed by atoms with Crippen LogP contribution in [-0.2, 0) is 30.1 Å². The van der Waals surface area contributed by atoms with E-state index in [9.17, 15) is 46.9 Å². The van der Waals surface area contributed by atoms with E-state index in [4.69, 9.17) is 15.9 Å². The van der Waals surface area contributed by atoms with Crippen molar-refractivity contribution in [2.45, 2.75) is 135 Å². The molecule has 0 saturated carbocycles. The number of hydrogen-bond donors (Lipinski definition) is 5. The van der Waals surface area contributed by atoms with Crippen molar-refractivity contribution in [2.24, 2.45) is 23.3 Å². The van der Waals surface area contributed by atoms with Gasteiger partial charge < -0.3 is 41.0 Å². The Morgan fingerprint density at radius 2 is 1.09 bits per heavy atom. The van der Waals surface area contributed by atoms with Gasteiger partial charge in [-0.1, -0.05) is 52.8 Å². The third-order valence-electron chi connectivity index (χ3n) is 16.9. The maximum Gasteiger partial charge on any atom is 0.192 e. The zero-order valence-electron chi connectivity index (χ0n) is 46.9. The maximum atomic E-state index is 14.7. The fourth-order valence-corrected chi connectivity index (χ4v) is 13.0. The van der Waals surface area contributed by atoms with Crippen molar-refractivity contribution in [1.82, 2.24) is 19.9 Å². The number of ketones is 2. The van der Waals surface area contributed by atoms with E-state index < -0.39 is 78.8 Å². The summed E-state index contributed by atoms with van der Waals surface area (Å²) in [4.78, 5) is 48.7. The van der Waals surface area contributed by atoms with E-state index in [1.807, 2.05) is 6.92 Å². The highest BCUT2D eigenvalue weighted by atomic mass is 28.4. The molecule has 2 aliphatic carbocycles. The molecule has 0 amide bonds. The zero-order valence-corrected chi connectivity index (χ0v) is 47.9. The number of aliphatic hydroxyl groups excluding tert-OH is 3. The number of anilines is 2. The smallest absolute Gasteiger partial charge is 0.192 e. The molecule has 14 nitrogen and oxygen atoms in total. The second-order valence-corrected chi connectivity index (χ2v) is 28.6. The van der Waals surface area contributed by atoms with Gasteiger partial charge in [-0.3, -0.25) is 19.6 Å². The molecule has 4 aliphatic rings. The first-order chi connectivity index (χ1) is 38.2. The van der Waals surface area contributed by atoms with Crippen LogP contribution in [-0.4, -0.2) is 106 Å². The molecule has 430 valence electrons. The summed E-state index contributed by atoms with van der Waals surface area (Å²) in [5.41, 5.74) is 18.0. The van der Waals surface area contributed by atoms with Gasteiger partial charge in [0.15, 0.2) is 19.9 Å². The Hall–Kier alpha value is -6.39. The number of aromatic nitrogens is 4. The predicted molar refractivity (Wildman–Crippen MR) is 302 cm³/mol. The van der Waals surface area contributed by atoms with Crippen LogP contribution < -0.4 is 21.3 Å². The fourth-order valence-electron chi connectivity index (χ4n) is 11.5. The van der Waals surface area contributed by atoms with Crippen LogP contribution in [0.5, 0.6) is 0 Å². The summed E-state index contributed by atoms with van der Waals surface area (Å²) < 4.78 is 79.4. The minimum Gasteiger partial charge on any atom is -0.412 e. The number of nitrogens with two attached hydrogens (primary N) is 2. The maximum absolute atomic E-state index is 14.7. The molecule has 8 atom stereocenters. The van der Waals surface area contributed by atoms with Crippen LogP contribution in [0, 0.1) is 47.8 Å². The molecule has 0 bridgehead atoms. The first kappa shape index (κ1) is 59.2. The Bertz CT molecular complexity index is 3320. The third-order valence-corrected chi connectivity index (χ3v) is 21.3. The van der Waals surface area contributed by atoms with E-state index in [-0.39, 0.29) is 70.3 Å². The molecule has 2 aromatic carbocycles. The number of halogens is 5. The summed E-state index contributed by atoms with van der Waals surface area (Å²) >= 11 is 0. The summed E-state index contributed by atoms with van der Waals surface area (Å²) in [6.07, 6.45) is 3.18. The van der Waals surface area contributed by atoms with Crippen molar-refractivity contribution in [1.29, 1.82) is 0 Å². The van der Waals surface area contributed by atoms with Crippen molar-refractivity contribution in [3.8, 4) is 22.5 Å². The number of aryl methyl sites for hydroxylation is 1. The topological polar surface area (TPSA) is 214 Å². The summed E-state index contributed by atoms with van der Waals surface area (Å²) in [7, 11) is -2.08. The van der Waals surface area contributed by atoms with Crippen molar-refractivity contribution in [2.75, 3.05) is 36.0 Å². The van der Waals surface area contributed by atoms with Gasteiger partial charge in [-0.05, 0) is 98.8 Å². The number of Topliss-reactive ketones (excluding diaryl/α,β-unsaturated/α-hetero) is 2. The summed E-state index contributed by atoms with van der Waals surface area (Å²) in [5.74, 6) is -5.17. The van der Waals surface area contributed by atoms with Crippen LogP contribution in [0.1, 0.15) is 120 Å². The molecule has 0 spiro atoms. The molecule has 20 heteroatoms. The monoisotopic (exact) mass is 1130 g/mol. The third kappa shape index (κ3) is 12.0. The first-order valence-electron chi connectivity index (χ1n) is 27.6. The molecule has 4 aromatic heterocycles. The summed E-state index contributed by atoms with van der Waals surface area (Å²) in [5, 5.41) is 31.5. The van der Waals surface area contributed by atoms with Crippen LogP contribution in [0.3, 0.4) is 0 Å². The largest absolute Gasteiger partial charge is 0.412 e. The Morgan fingerprint density at radius 3 is 1.56 bits per heavy atom. The SMILES string of the molecule is C[C@H]1CN(c2c(CC(=O)c3ccc(F)c(-c4c(F)cccc4F)n3)cnc3c2CC[C@H]3O)C[C@@H](N)[C@@H]1O[Si](C)(C)C(C)(C)C.Cc1ccc(C(=O)Cc2cnc3c(c2N2C[C@@H](N)[C@H](O)[C@@H](C)C2)CC[C@@H]3O)nc1-c1c(F)cccc1F. The van der Waals surface area contributed by atoms with Crippen LogP contribution >= 0.6 is 0 Å². The molecule has 7 N–H and O–H groups in total. The second-order valence-electron chi connectivity index (χ2n) is 23.8. The molecule has 81 heavy (non-hydrogen) atoms. The molecule has 2 saturated heterocycles. The lowest BCUT2D eigenvalue weighted by molar-refractivity contribution is 0.0783. The van der Waals surface area contributed by atoms with Crippen molar-refractivity contribution >= 4 is 31.3 Å². The number of carbonyl (C=O) groups is 2. The Morgan fingerprint density at radius 1 is 0.642 bits per heavy atom. The molecule has 10 rings (SSSR count). The fraction of sp³-hybridized carbons (Fsp3) is 0.443. The van der Waals surface area contributed by atoms with Crippen molar-refractivity contribution in [3.63, 3.8) is 0 Å². The van der Waals surface area contributed by atoms with Gasteiger partial charge in [-0.2, -0.15) is 0 Å². The lowest BCUT2D eigenvalue weighted by Crippen LogP contribution is -2.60. The second kappa shape index (κ2) is 23.5. The van der Waals surface area contributed by atoms with Gasteiger partial charge in [0, 0.05) is 109 Å². The molecule has 6 heterocycles. The Labute approximate surface area is 470 Å². The minimum absolute atomic E-state index is 0.0332. The van der Waals surface area contributed by atoms with Crippen LogP contribution in [0.25, 0.3) is 22.5 Å². The highest BCUT2D eigenvalue weighted by Crippen LogP contribution is 2.44. The lowest BCUT2D eigenvalue weighted by Gasteiger charge is -2.48. The predicted octanol–water partition coefficient (Wildman–Crippen LogP) is 9.42. The number of piperidine rings is 2. The highest BCUT2D eigenvalue weighted by Gasteiger charge is 2.45. The van der Waals surface area contributed by atoms with Crippen molar-refractivity contribution < 1.29 is 51.3 Å². The van der Waals surface area contributed by atoms with Gasteiger partial charge in [0.2, 0.25) is 0 Å². The Balaban J connectivity index is 0.000000198. The first-order valence-corrected chi connectivity index (χ1v) is 30.5. The van der Waals surface area contributed by atoms with Crippen LogP contribution in [0.2, 0.25) is 18.1 Å². The number of aliphatic hydroxyl groups is 3. The highest BCUT2D eigenvalue weighted by molar-refractivity contribution is 6.74. The molecule has 2 fully saturated rings. The van der Waals surface area contributed by atoms with E-state index in [1.165, 1.54) is 18.2 Å². The van der Waals surface area contributed by atoms with Crippen LogP contribution in [0.4, 0.5) is 33.3 Å². The normalized spacial score (nSPS) is 22.7. The van der Waals surface area contributed by atoms with E-state index in [2.05, 4.69) is 70.5 Å². The molecule has 2 aliphatic heterocycles. The molecule has 6 aromatic rings. The van der Waals surface area contributed by atoms with Gasteiger partial charge in [-0.15, -0.1) is 0 Å². The van der Waals surface area contributed by atoms with Gasteiger partial charge in [-0.25, -0.2) is 31.9 Å². The number of carbonyl (C=O) groups excluding carboxylic acids is 2. The summed E-state index contributed by atoms with van der Waals surface area (Å²) in [6, 6.07) is 11.4. The molecule has 0 unspecified atom stereocenters. The van der Waals surface area contributed by atoms with E-state index in [0.29, 0.717) is 79.9 Å². The zero-order chi connectivity index (χ0) is 58.6. The van der Waals surface area contributed by atoms with E-state index in [1.54, 1.807) is 31.5 Å². The van der Waals surface area contributed by atoms with Gasteiger partial charge in [0.05, 0.1) is 52.6 Å². The molecule has 0 radical (unpaired) electrons. The van der Waals surface area contributed by atoms with Gasteiger partial charge in [0.1, 0.15) is 46.2 Å². The van der Waals surface area contributed by atoms with E-state index in [0.717, 1.165) is 52.8 Å².